The summed E-state index contributed by atoms with van der Waals surface area (Å²) in [6.07, 6.45) is 1.56. The van der Waals surface area contributed by atoms with Crippen LogP contribution in [-0.2, 0) is 11.8 Å². The van der Waals surface area contributed by atoms with Crippen molar-refractivity contribution in [3.8, 4) is 0 Å². The number of H-pyrrole nitrogens is 1. The molecule has 1 N–H and O–H groups in total. The van der Waals surface area contributed by atoms with Crippen molar-refractivity contribution in [2.24, 2.45) is 7.05 Å². The maximum Gasteiger partial charge on any atom is 0.314 e. The highest BCUT2D eigenvalue weighted by Crippen LogP contribution is 2.06. The SMILES string of the molecule is Cn1[nH]cc(N2CCOCC2)c(=O)c1=O. The van der Waals surface area contributed by atoms with E-state index >= 15 is 0 Å². The average molecular weight is 211 g/mol. The minimum atomic E-state index is -0.529. The highest BCUT2D eigenvalue weighted by Gasteiger charge is 2.15. The second kappa shape index (κ2) is 3.90. The Labute approximate surface area is 86.1 Å². The molecule has 6 nitrogen and oxygen atoms in total. The molecule has 0 amide bonds. The van der Waals surface area contributed by atoms with Crippen LogP contribution in [0.3, 0.4) is 0 Å². The molecule has 0 aromatic carbocycles. The number of hydrogen-bond acceptors (Lipinski definition) is 4. The lowest BCUT2D eigenvalue weighted by Crippen LogP contribution is -2.44. The quantitative estimate of drug-likeness (QED) is 0.599. The van der Waals surface area contributed by atoms with Crippen LogP contribution in [0.25, 0.3) is 0 Å². The Kier molecular flexibility index (Phi) is 2.59. The van der Waals surface area contributed by atoms with E-state index in [1.807, 2.05) is 4.90 Å². The molecule has 1 fully saturated rings. The first-order valence-corrected chi connectivity index (χ1v) is 4.81. The van der Waals surface area contributed by atoms with Crippen molar-refractivity contribution >= 4 is 5.69 Å². The molecule has 2 rings (SSSR count). The van der Waals surface area contributed by atoms with Gasteiger partial charge in [0, 0.05) is 26.3 Å². The fraction of sp³-hybridized carbons (Fsp3) is 0.556. The molecule has 0 radical (unpaired) electrons. The summed E-state index contributed by atoms with van der Waals surface area (Å²) < 4.78 is 6.35. The van der Waals surface area contributed by atoms with E-state index in [1.165, 1.54) is 11.7 Å². The molecule has 0 bridgehead atoms. The highest BCUT2D eigenvalue weighted by molar-refractivity contribution is 5.43. The van der Waals surface area contributed by atoms with Gasteiger partial charge in [0.25, 0.3) is 5.43 Å². The first-order chi connectivity index (χ1) is 7.20. The molecule has 15 heavy (non-hydrogen) atoms. The van der Waals surface area contributed by atoms with Gasteiger partial charge in [-0.2, -0.15) is 0 Å². The molecule has 0 spiro atoms. The van der Waals surface area contributed by atoms with E-state index in [0.29, 0.717) is 32.0 Å². The Morgan fingerprint density at radius 1 is 1.33 bits per heavy atom. The largest absolute Gasteiger partial charge is 0.378 e. The molecular formula is C9H13N3O3. The van der Waals surface area contributed by atoms with Crippen LogP contribution in [-0.4, -0.2) is 36.1 Å². The molecule has 1 aliphatic heterocycles. The predicted octanol–water partition coefficient (Wildman–Crippen LogP) is -1.09. The number of hydrogen-bond donors (Lipinski definition) is 1. The van der Waals surface area contributed by atoms with Crippen LogP contribution in [0.15, 0.2) is 15.8 Å². The molecule has 2 heterocycles. The maximum atomic E-state index is 11.7. The molecule has 1 aliphatic rings. The third kappa shape index (κ3) is 1.80. The summed E-state index contributed by atoms with van der Waals surface area (Å²) >= 11 is 0. The van der Waals surface area contributed by atoms with Crippen LogP contribution in [0.2, 0.25) is 0 Å². The van der Waals surface area contributed by atoms with Gasteiger partial charge in [0.15, 0.2) is 0 Å². The van der Waals surface area contributed by atoms with Gasteiger partial charge >= 0.3 is 5.56 Å². The minimum Gasteiger partial charge on any atom is -0.378 e. The zero-order valence-corrected chi connectivity index (χ0v) is 8.52. The lowest BCUT2D eigenvalue weighted by Gasteiger charge is -2.27. The molecule has 82 valence electrons. The van der Waals surface area contributed by atoms with Gasteiger partial charge in [0.1, 0.15) is 5.69 Å². The summed E-state index contributed by atoms with van der Waals surface area (Å²) in [4.78, 5) is 24.9. The van der Waals surface area contributed by atoms with Crippen molar-refractivity contribution in [2.75, 3.05) is 31.2 Å². The van der Waals surface area contributed by atoms with Gasteiger partial charge in [0.2, 0.25) is 0 Å². The summed E-state index contributed by atoms with van der Waals surface area (Å²) in [5, 5.41) is 2.73. The highest BCUT2D eigenvalue weighted by atomic mass is 16.5. The molecule has 0 saturated carbocycles. The van der Waals surface area contributed by atoms with Gasteiger partial charge < -0.3 is 14.7 Å². The Hall–Kier alpha value is -1.56. The first-order valence-electron chi connectivity index (χ1n) is 4.81. The predicted molar refractivity (Wildman–Crippen MR) is 55.3 cm³/mol. The van der Waals surface area contributed by atoms with E-state index < -0.39 is 11.0 Å². The second-order valence-electron chi connectivity index (χ2n) is 3.45. The Balaban J connectivity index is 2.40. The number of anilines is 1. The molecule has 0 aliphatic carbocycles. The molecule has 0 unspecified atom stereocenters. The fourth-order valence-electron chi connectivity index (χ4n) is 1.58. The summed E-state index contributed by atoms with van der Waals surface area (Å²) in [6.45, 7) is 2.48. The Morgan fingerprint density at radius 3 is 2.67 bits per heavy atom. The molecule has 1 aromatic heterocycles. The van der Waals surface area contributed by atoms with Crippen molar-refractivity contribution < 1.29 is 4.74 Å². The summed E-state index contributed by atoms with van der Waals surface area (Å²) in [6, 6.07) is 0. The number of aromatic amines is 1. The number of rotatable bonds is 1. The third-order valence-corrected chi connectivity index (χ3v) is 2.48. The average Bonchev–Trinajstić information content (AvgIpc) is 2.27. The summed E-state index contributed by atoms with van der Waals surface area (Å²) in [5.74, 6) is 0. The standard InChI is InChI=1S/C9H13N3O3/c1-11-9(14)8(13)7(6-10-11)12-2-4-15-5-3-12/h6,10H,2-5H2,1H3. The topological polar surface area (TPSA) is 67.3 Å². The van der Waals surface area contributed by atoms with Gasteiger partial charge in [-0.05, 0) is 0 Å². The zero-order chi connectivity index (χ0) is 10.8. The van der Waals surface area contributed by atoms with E-state index in [9.17, 15) is 9.59 Å². The molecule has 0 atom stereocenters. The van der Waals surface area contributed by atoms with Crippen LogP contribution in [0.1, 0.15) is 0 Å². The number of ether oxygens (including phenoxy) is 1. The smallest absolute Gasteiger partial charge is 0.314 e. The lowest BCUT2D eigenvalue weighted by molar-refractivity contribution is 0.122. The molecular weight excluding hydrogens is 198 g/mol. The number of nitrogens with one attached hydrogen (secondary N) is 1. The Bertz CT molecular complexity index is 456. The monoisotopic (exact) mass is 211 g/mol. The van der Waals surface area contributed by atoms with E-state index in [0.717, 1.165) is 0 Å². The van der Waals surface area contributed by atoms with Gasteiger partial charge in [-0.3, -0.25) is 14.3 Å². The first kappa shape index (κ1) is 9.97. The van der Waals surface area contributed by atoms with Crippen molar-refractivity contribution in [1.82, 2.24) is 9.78 Å². The number of nitrogens with zero attached hydrogens (tertiary/aromatic N) is 2. The zero-order valence-electron chi connectivity index (χ0n) is 8.52. The van der Waals surface area contributed by atoms with E-state index in [4.69, 9.17) is 4.74 Å². The number of aryl methyl sites for hydroxylation is 1. The van der Waals surface area contributed by atoms with Gasteiger partial charge in [-0.25, -0.2) is 0 Å². The van der Waals surface area contributed by atoms with Crippen LogP contribution >= 0.6 is 0 Å². The summed E-state index contributed by atoms with van der Waals surface area (Å²) in [7, 11) is 1.52. The number of aromatic nitrogens is 2. The molecule has 1 aromatic rings. The van der Waals surface area contributed by atoms with Crippen LogP contribution in [0.4, 0.5) is 5.69 Å². The van der Waals surface area contributed by atoms with Crippen LogP contribution in [0.5, 0.6) is 0 Å². The van der Waals surface area contributed by atoms with Crippen molar-refractivity contribution in [1.29, 1.82) is 0 Å². The Morgan fingerprint density at radius 2 is 2.00 bits per heavy atom. The van der Waals surface area contributed by atoms with Gasteiger partial charge in [-0.1, -0.05) is 0 Å². The third-order valence-electron chi connectivity index (χ3n) is 2.48. The number of morpholine rings is 1. The molecule has 1 saturated heterocycles. The minimum absolute atomic E-state index is 0.432. The second-order valence-corrected chi connectivity index (χ2v) is 3.45. The van der Waals surface area contributed by atoms with E-state index in [1.54, 1.807) is 6.20 Å². The fourth-order valence-corrected chi connectivity index (χ4v) is 1.58. The lowest BCUT2D eigenvalue weighted by atomic mass is 10.3. The van der Waals surface area contributed by atoms with Crippen molar-refractivity contribution in [2.45, 2.75) is 0 Å². The van der Waals surface area contributed by atoms with Crippen LogP contribution in [0, 0.1) is 0 Å². The van der Waals surface area contributed by atoms with Crippen molar-refractivity contribution in [3.05, 3.63) is 26.8 Å². The van der Waals surface area contributed by atoms with E-state index in [-0.39, 0.29) is 0 Å². The summed E-state index contributed by atoms with van der Waals surface area (Å²) in [5.41, 5.74) is -0.557. The van der Waals surface area contributed by atoms with Gasteiger partial charge in [-0.15, -0.1) is 0 Å². The maximum absolute atomic E-state index is 11.7. The van der Waals surface area contributed by atoms with E-state index in [2.05, 4.69) is 5.10 Å². The van der Waals surface area contributed by atoms with Crippen LogP contribution < -0.4 is 15.9 Å². The van der Waals surface area contributed by atoms with Gasteiger partial charge in [0.05, 0.1) is 13.2 Å². The van der Waals surface area contributed by atoms with Crippen molar-refractivity contribution in [3.63, 3.8) is 0 Å². The molecule has 6 heteroatoms. The normalized spacial score (nSPS) is 16.7.